The SMILES string of the molecule is CC(=O)NC1CCCN(CC2CCCC2)C1. The molecule has 1 aliphatic carbocycles. The summed E-state index contributed by atoms with van der Waals surface area (Å²) in [6.07, 6.45) is 8.07. The van der Waals surface area contributed by atoms with Crippen molar-refractivity contribution in [2.45, 2.75) is 51.5 Å². The maximum Gasteiger partial charge on any atom is 0.217 e. The highest BCUT2D eigenvalue weighted by Crippen LogP contribution is 2.26. The molecule has 1 atom stereocenters. The van der Waals surface area contributed by atoms with Crippen molar-refractivity contribution in [1.29, 1.82) is 0 Å². The van der Waals surface area contributed by atoms with Crippen LogP contribution in [0.15, 0.2) is 0 Å². The van der Waals surface area contributed by atoms with Crippen LogP contribution in [0.5, 0.6) is 0 Å². The number of nitrogens with one attached hydrogen (secondary N) is 1. The number of nitrogens with zero attached hydrogens (tertiary/aromatic N) is 1. The topological polar surface area (TPSA) is 32.3 Å². The molecule has 2 rings (SSSR count). The van der Waals surface area contributed by atoms with Crippen LogP contribution < -0.4 is 5.32 Å². The van der Waals surface area contributed by atoms with E-state index in [-0.39, 0.29) is 5.91 Å². The molecule has 0 aromatic rings. The molecule has 2 fully saturated rings. The summed E-state index contributed by atoms with van der Waals surface area (Å²) in [5.41, 5.74) is 0. The summed E-state index contributed by atoms with van der Waals surface area (Å²) in [4.78, 5) is 13.6. The Hall–Kier alpha value is -0.570. The molecular formula is C13H24N2O. The van der Waals surface area contributed by atoms with Gasteiger partial charge in [0.1, 0.15) is 0 Å². The smallest absolute Gasteiger partial charge is 0.217 e. The van der Waals surface area contributed by atoms with Crippen molar-refractivity contribution in [2.24, 2.45) is 5.92 Å². The largest absolute Gasteiger partial charge is 0.352 e. The maximum atomic E-state index is 11.0. The van der Waals surface area contributed by atoms with E-state index in [0.717, 1.165) is 18.9 Å². The number of carbonyl (C=O) groups is 1. The quantitative estimate of drug-likeness (QED) is 0.792. The highest BCUT2D eigenvalue weighted by atomic mass is 16.1. The van der Waals surface area contributed by atoms with Gasteiger partial charge < -0.3 is 10.2 Å². The Morgan fingerprint density at radius 2 is 2.00 bits per heavy atom. The van der Waals surface area contributed by atoms with Crippen LogP contribution in [0, 0.1) is 5.92 Å². The summed E-state index contributed by atoms with van der Waals surface area (Å²) in [6.45, 7) is 5.18. The first-order valence-corrected chi connectivity index (χ1v) is 6.73. The first kappa shape index (κ1) is 11.9. The zero-order valence-corrected chi connectivity index (χ0v) is 10.4. The average Bonchev–Trinajstić information content (AvgIpc) is 2.70. The molecule has 3 nitrogen and oxygen atoms in total. The van der Waals surface area contributed by atoms with Gasteiger partial charge in [0, 0.05) is 26.1 Å². The van der Waals surface area contributed by atoms with E-state index in [0.29, 0.717) is 6.04 Å². The van der Waals surface area contributed by atoms with Gasteiger partial charge in [0.15, 0.2) is 0 Å². The first-order chi connectivity index (χ1) is 7.74. The van der Waals surface area contributed by atoms with Gasteiger partial charge in [-0.1, -0.05) is 12.8 Å². The summed E-state index contributed by atoms with van der Waals surface area (Å²) in [6, 6.07) is 0.396. The molecule has 1 unspecified atom stereocenters. The fourth-order valence-electron chi connectivity index (χ4n) is 3.18. The van der Waals surface area contributed by atoms with Crippen LogP contribution in [0.3, 0.4) is 0 Å². The Balaban J connectivity index is 1.74. The molecule has 1 heterocycles. The summed E-state index contributed by atoms with van der Waals surface area (Å²) >= 11 is 0. The van der Waals surface area contributed by atoms with Crippen molar-refractivity contribution in [1.82, 2.24) is 10.2 Å². The Bertz CT molecular complexity index is 236. The Morgan fingerprint density at radius 3 is 2.69 bits per heavy atom. The van der Waals surface area contributed by atoms with E-state index in [1.807, 2.05) is 0 Å². The second-order valence-corrected chi connectivity index (χ2v) is 5.45. The van der Waals surface area contributed by atoms with Gasteiger partial charge in [-0.25, -0.2) is 0 Å². The lowest BCUT2D eigenvalue weighted by Crippen LogP contribution is -2.48. The van der Waals surface area contributed by atoms with Gasteiger partial charge in [0.05, 0.1) is 0 Å². The van der Waals surface area contributed by atoms with Gasteiger partial charge >= 0.3 is 0 Å². The lowest BCUT2D eigenvalue weighted by Gasteiger charge is -2.34. The summed E-state index contributed by atoms with van der Waals surface area (Å²) in [5.74, 6) is 1.05. The monoisotopic (exact) mass is 224 g/mol. The van der Waals surface area contributed by atoms with E-state index >= 15 is 0 Å². The van der Waals surface area contributed by atoms with Crippen LogP contribution in [-0.4, -0.2) is 36.5 Å². The lowest BCUT2D eigenvalue weighted by atomic mass is 10.0. The molecule has 2 aliphatic rings. The third kappa shape index (κ3) is 3.48. The van der Waals surface area contributed by atoms with E-state index < -0.39 is 0 Å². The van der Waals surface area contributed by atoms with Crippen molar-refractivity contribution >= 4 is 5.91 Å². The molecule has 0 aromatic carbocycles. The van der Waals surface area contributed by atoms with E-state index in [1.54, 1.807) is 6.92 Å². The Labute approximate surface area is 98.6 Å². The number of carbonyl (C=O) groups excluding carboxylic acids is 1. The minimum Gasteiger partial charge on any atom is -0.352 e. The van der Waals surface area contributed by atoms with E-state index in [9.17, 15) is 4.79 Å². The first-order valence-electron chi connectivity index (χ1n) is 6.73. The van der Waals surface area contributed by atoms with Gasteiger partial charge in [-0.3, -0.25) is 4.79 Å². The number of piperidine rings is 1. The minimum atomic E-state index is 0.118. The molecule has 1 saturated heterocycles. The van der Waals surface area contributed by atoms with Crippen LogP contribution in [0.25, 0.3) is 0 Å². The fraction of sp³-hybridized carbons (Fsp3) is 0.923. The van der Waals surface area contributed by atoms with Gasteiger partial charge in [0.25, 0.3) is 0 Å². The molecule has 1 amide bonds. The van der Waals surface area contributed by atoms with Crippen molar-refractivity contribution in [3.63, 3.8) is 0 Å². The van der Waals surface area contributed by atoms with Crippen molar-refractivity contribution < 1.29 is 4.79 Å². The van der Waals surface area contributed by atoms with Crippen LogP contribution in [0.4, 0.5) is 0 Å². The molecule has 1 aliphatic heterocycles. The van der Waals surface area contributed by atoms with Crippen LogP contribution in [0.2, 0.25) is 0 Å². The number of hydrogen-bond donors (Lipinski definition) is 1. The van der Waals surface area contributed by atoms with Crippen molar-refractivity contribution in [3.05, 3.63) is 0 Å². The number of rotatable bonds is 3. The van der Waals surface area contributed by atoms with Crippen LogP contribution >= 0.6 is 0 Å². The second-order valence-electron chi connectivity index (χ2n) is 5.45. The molecule has 0 radical (unpaired) electrons. The van der Waals surface area contributed by atoms with Gasteiger partial charge in [0.2, 0.25) is 5.91 Å². The number of likely N-dealkylation sites (tertiary alicyclic amines) is 1. The minimum absolute atomic E-state index is 0.118. The standard InChI is InChI=1S/C13H24N2O/c1-11(16)14-13-7-4-8-15(10-13)9-12-5-2-3-6-12/h12-13H,2-10H2,1H3,(H,14,16). The highest BCUT2D eigenvalue weighted by molar-refractivity contribution is 5.73. The molecule has 0 aromatic heterocycles. The Morgan fingerprint density at radius 1 is 1.25 bits per heavy atom. The molecule has 1 N–H and O–H groups in total. The third-order valence-corrected chi connectivity index (χ3v) is 3.90. The van der Waals surface area contributed by atoms with Crippen molar-refractivity contribution in [2.75, 3.05) is 19.6 Å². The highest BCUT2D eigenvalue weighted by Gasteiger charge is 2.24. The number of amides is 1. The van der Waals surface area contributed by atoms with Gasteiger partial charge in [-0.05, 0) is 38.1 Å². The van der Waals surface area contributed by atoms with E-state index in [1.165, 1.54) is 45.2 Å². The van der Waals surface area contributed by atoms with Crippen LogP contribution in [-0.2, 0) is 4.79 Å². The summed E-state index contributed by atoms with van der Waals surface area (Å²) in [5, 5.41) is 3.06. The van der Waals surface area contributed by atoms with E-state index in [2.05, 4.69) is 10.2 Å². The molecule has 3 heteroatoms. The second kappa shape index (κ2) is 5.67. The normalized spacial score (nSPS) is 28.2. The lowest BCUT2D eigenvalue weighted by molar-refractivity contribution is -0.120. The average molecular weight is 224 g/mol. The zero-order chi connectivity index (χ0) is 11.4. The molecule has 92 valence electrons. The predicted octanol–water partition coefficient (Wildman–Crippen LogP) is 1.78. The third-order valence-electron chi connectivity index (χ3n) is 3.90. The number of hydrogen-bond acceptors (Lipinski definition) is 2. The molecule has 16 heavy (non-hydrogen) atoms. The predicted molar refractivity (Wildman–Crippen MR) is 65.2 cm³/mol. The summed E-state index contributed by atoms with van der Waals surface area (Å²) < 4.78 is 0. The van der Waals surface area contributed by atoms with Gasteiger partial charge in [-0.2, -0.15) is 0 Å². The molecule has 1 saturated carbocycles. The summed E-state index contributed by atoms with van der Waals surface area (Å²) in [7, 11) is 0. The molecular weight excluding hydrogens is 200 g/mol. The maximum absolute atomic E-state index is 11.0. The van der Waals surface area contributed by atoms with Crippen LogP contribution in [0.1, 0.15) is 45.4 Å². The zero-order valence-electron chi connectivity index (χ0n) is 10.4. The molecule has 0 spiro atoms. The van der Waals surface area contributed by atoms with E-state index in [4.69, 9.17) is 0 Å². The Kier molecular flexibility index (Phi) is 4.22. The van der Waals surface area contributed by atoms with Gasteiger partial charge in [-0.15, -0.1) is 0 Å². The van der Waals surface area contributed by atoms with Crippen molar-refractivity contribution in [3.8, 4) is 0 Å². The fourth-order valence-corrected chi connectivity index (χ4v) is 3.18. The molecule has 0 bridgehead atoms.